The van der Waals surface area contributed by atoms with Crippen molar-refractivity contribution in [2.45, 2.75) is 6.61 Å². The fourth-order valence-electron chi connectivity index (χ4n) is 1.46. The van der Waals surface area contributed by atoms with Gasteiger partial charge in [-0.15, -0.1) is 5.10 Å². The van der Waals surface area contributed by atoms with Gasteiger partial charge in [-0.25, -0.2) is 9.18 Å². The van der Waals surface area contributed by atoms with Gasteiger partial charge in [-0.3, -0.25) is 4.68 Å². The van der Waals surface area contributed by atoms with Crippen molar-refractivity contribution in [1.82, 2.24) is 9.78 Å². The van der Waals surface area contributed by atoms with E-state index in [2.05, 4.69) is 10.1 Å². The molecule has 0 atom stereocenters. The SMILES string of the molecule is Cn1ccc(OCc2c(F)cccc2N=C=O)n1. The van der Waals surface area contributed by atoms with Gasteiger partial charge in [0.15, 0.2) is 0 Å². The van der Waals surface area contributed by atoms with Gasteiger partial charge in [-0.05, 0) is 12.1 Å². The summed E-state index contributed by atoms with van der Waals surface area (Å²) in [6, 6.07) is 5.92. The molecule has 0 radical (unpaired) electrons. The maximum atomic E-state index is 13.6. The highest BCUT2D eigenvalue weighted by molar-refractivity contribution is 5.53. The molecule has 2 aromatic rings. The summed E-state index contributed by atoms with van der Waals surface area (Å²) in [7, 11) is 1.75. The third-order valence-electron chi connectivity index (χ3n) is 2.31. The molecule has 1 aromatic heterocycles. The van der Waals surface area contributed by atoms with Crippen molar-refractivity contribution in [3.05, 3.63) is 41.8 Å². The van der Waals surface area contributed by atoms with E-state index in [9.17, 15) is 9.18 Å². The summed E-state index contributed by atoms with van der Waals surface area (Å²) in [5, 5.41) is 4.00. The van der Waals surface area contributed by atoms with Crippen molar-refractivity contribution in [2.75, 3.05) is 0 Å². The van der Waals surface area contributed by atoms with E-state index in [-0.39, 0.29) is 17.9 Å². The Labute approximate surface area is 103 Å². The Balaban J connectivity index is 2.20. The van der Waals surface area contributed by atoms with E-state index in [1.807, 2.05) is 0 Å². The zero-order chi connectivity index (χ0) is 13.0. The predicted molar refractivity (Wildman–Crippen MR) is 61.7 cm³/mol. The van der Waals surface area contributed by atoms with E-state index in [1.54, 1.807) is 24.0 Å². The molecule has 18 heavy (non-hydrogen) atoms. The molecule has 0 spiro atoms. The largest absolute Gasteiger partial charge is 0.472 e. The minimum atomic E-state index is -0.484. The van der Waals surface area contributed by atoms with Crippen LogP contribution in [0.4, 0.5) is 10.1 Å². The zero-order valence-corrected chi connectivity index (χ0v) is 9.63. The highest BCUT2D eigenvalue weighted by Gasteiger charge is 2.09. The molecule has 92 valence electrons. The molecule has 1 heterocycles. The molecule has 0 saturated carbocycles. The average molecular weight is 247 g/mol. The van der Waals surface area contributed by atoms with Crippen molar-refractivity contribution in [3.8, 4) is 5.88 Å². The minimum absolute atomic E-state index is 0.0514. The van der Waals surface area contributed by atoms with Gasteiger partial charge in [-0.1, -0.05) is 6.07 Å². The Hall–Kier alpha value is -2.46. The molecule has 0 aliphatic carbocycles. The van der Waals surface area contributed by atoms with Gasteiger partial charge >= 0.3 is 0 Å². The van der Waals surface area contributed by atoms with Crippen LogP contribution in [0, 0.1) is 5.82 Å². The van der Waals surface area contributed by atoms with Gasteiger partial charge in [0.25, 0.3) is 0 Å². The molecule has 0 fully saturated rings. The van der Waals surface area contributed by atoms with Crippen molar-refractivity contribution < 1.29 is 13.9 Å². The number of nitrogens with zero attached hydrogens (tertiary/aromatic N) is 3. The van der Waals surface area contributed by atoms with Crippen LogP contribution in [0.15, 0.2) is 35.5 Å². The molecule has 0 aliphatic rings. The molecule has 6 heteroatoms. The fourth-order valence-corrected chi connectivity index (χ4v) is 1.46. The maximum Gasteiger partial charge on any atom is 0.240 e. The van der Waals surface area contributed by atoms with Gasteiger partial charge in [0, 0.05) is 19.3 Å². The first kappa shape index (κ1) is 12.0. The van der Waals surface area contributed by atoms with Crippen LogP contribution in [0.1, 0.15) is 5.56 Å². The second kappa shape index (κ2) is 5.25. The molecule has 2 rings (SSSR count). The Bertz CT molecular complexity index is 603. The summed E-state index contributed by atoms with van der Waals surface area (Å²) in [5.74, 6) is -0.107. The number of ether oxygens (including phenoxy) is 1. The number of carbonyl (C=O) groups excluding carboxylic acids is 1. The molecule has 0 unspecified atom stereocenters. The number of aryl methyl sites for hydroxylation is 1. The van der Waals surface area contributed by atoms with Crippen LogP contribution in [0.3, 0.4) is 0 Å². The topological polar surface area (TPSA) is 56.5 Å². The van der Waals surface area contributed by atoms with Crippen molar-refractivity contribution in [3.63, 3.8) is 0 Å². The number of benzene rings is 1. The van der Waals surface area contributed by atoms with Crippen LogP contribution in [0.2, 0.25) is 0 Å². The summed E-state index contributed by atoms with van der Waals surface area (Å²) in [5.41, 5.74) is 0.410. The number of halogens is 1. The third-order valence-corrected chi connectivity index (χ3v) is 2.31. The highest BCUT2D eigenvalue weighted by Crippen LogP contribution is 2.23. The Morgan fingerprint density at radius 1 is 1.50 bits per heavy atom. The molecule has 0 aliphatic heterocycles. The number of hydrogen-bond donors (Lipinski definition) is 0. The molecular formula is C12H10FN3O2. The van der Waals surface area contributed by atoms with Gasteiger partial charge in [0.05, 0.1) is 11.3 Å². The van der Waals surface area contributed by atoms with E-state index < -0.39 is 5.82 Å². The van der Waals surface area contributed by atoms with E-state index >= 15 is 0 Å². The first-order chi connectivity index (χ1) is 8.70. The number of aliphatic imine (C=N–C) groups is 1. The minimum Gasteiger partial charge on any atom is -0.472 e. The summed E-state index contributed by atoms with van der Waals surface area (Å²) in [4.78, 5) is 13.7. The van der Waals surface area contributed by atoms with Crippen LogP contribution in [0.25, 0.3) is 0 Å². The van der Waals surface area contributed by atoms with Crippen molar-refractivity contribution in [1.29, 1.82) is 0 Å². The first-order valence-electron chi connectivity index (χ1n) is 5.18. The zero-order valence-electron chi connectivity index (χ0n) is 9.63. The molecule has 5 nitrogen and oxygen atoms in total. The Morgan fingerprint density at radius 3 is 3.00 bits per heavy atom. The predicted octanol–water partition coefficient (Wildman–Crippen LogP) is 2.11. The lowest BCUT2D eigenvalue weighted by Crippen LogP contribution is -2.00. The van der Waals surface area contributed by atoms with E-state index in [1.165, 1.54) is 24.3 Å². The van der Waals surface area contributed by atoms with Gasteiger partial charge in [0.2, 0.25) is 12.0 Å². The van der Waals surface area contributed by atoms with Gasteiger partial charge in [-0.2, -0.15) is 4.99 Å². The molecule has 0 bridgehead atoms. The fraction of sp³-hybridized carbons (Fsp3) is 0.167. The molecule has 0 N–H and O–H groups in total. The molecule has 0 saturated heterocycles. The van der Waals surface area contributed by atoms with E-state index in [4.69, 9.17) is 4.74 Å². The molecule has 1 aromatic carbocycles. The van der Waals surface area contributed by atoms with Crippen LogP contribution >= 0.6 is 0 Å². The van der Waals surface area contributed by atoms with Crippen LogP contribution in [0.5, 0.6) is 5.88 Å². The normalized spacial score (nSPS) is 9.89. The van der Waals surface area contributed by atoms with Crippen molar-refractivity contribution in [2.24, 2.45) is 12.0 Å². The summed E-state index contributed by atoms with van der Waals surface area (Å²) in [6.07, 6.45) is 3.10. The summed E-state index contributed by atoms with van der Waals surface area (Å²) >= 11 is 0. The number of rotatable bonds is 4. The molecule has 0 amide bonds. The smallest absolute Gasteiger partial charge is 0.240 e. The van der Waals surface area contributed by atoms with Crippen LogP contribution in [-0.4, -0.2) is 15.9 Å². The number of aromatic nitrogens is 2. The number of hydrogen-bond acceptors (Lipinski definition) is 4. The standard InChI is InChI=1S/C12H10FN3O2/c1-16-6-5-12(15-16)18-7-9-10(13)3-2-4-11(9)14-8-17/h2-6H,7H2,1H3. The maximum absolute atomic E-state index is 13.6. The van der Waals surface area contributed by atoms with E-state index in [0.717, 1.165) is 0 Å². The molecular weight excluding hydrogens is 237 g/mol. The highest BCUT2D eigenvalue weighted by atomic mass is 19.1. The first-order valence-corrected chi connectivity index (χ1v) is 5.18. The second-order valence-electron chi connectivity index (χ2n) is 3.56. The lowest BCUT2D eigenvalue weighted by atomic mass is 10.2. The third kappa shape index (κ3) is 2.61. The monoisotopic (exact) mass is 247 g/mol. The van der Waals surface area contributed by atoms with Crippen LogP contribution in [-0.2, 0) is 18.4 Å². The summed E-state index contributed by atoms with van der Waals surface area (Å²) < 4.78 is 20.5. The Morgan fingerprint density at radius 2 is 2.33 bits per heavy atom. The van der Waals surface area contributed by atoms with Crippen molar-refractivity contribution >= 4 is 11.8 Å². The second-order valence-corrected chi connectivity index (χ2v) is 3.56. The Kier molecular flexibility index (Phi) is 3.50. The van der Waals surface area contributed by atoms with E-state index in [0.29, 0.717) is 5.88 Å². The quantitative estimate of drug-likeness (QED) is 0.614. The lowest BCUT2D eigenvalue weighted by molar-refractivity contribution is 0.285. The van der Waals surface area contributed by atoms with Gasteiger partial charge < -0.3 is 4.74 Å². The lowest BCUT2D eigenvalue weighted by Gasteiger charge is -2.06. The number of isocyanates is 1. The summed E-state index contributed by atoms with van der Waals surface area (Å²) in [6.45, 7) is -0.0514. The van der Waals surface area contributed by atoms with Crippen LogP contribution < -0.4 is 4.74 Å². The average Bonchev–Trinajstić information content (AvgIpc) is 2.75. The van der Waals surface area contributed by atoms with Gasteiger partial charge in [0.1, 0.15) is 12.4 Å².